The Hall–Kier alpha value is -3.59. The molecule has 3 aromatic rings. The van der Waals surface area contributed by atoms with Gasteiger partial charge in [-0.2, -0.15) is 5.10 Å². The second-order valence-electron chi connectivity index (χ2n) is 10.9. The van der Waals surface area contributed by atoms with E-state index in [1.54, 1.807) is 4.68 Å². The zero-order valence-electron chi connectivity index (χ0n) is 22.0. The van der Waals surface area contributed by atoms with Crippen LogP contribution < -0.4 is 10.6 Å². The Labute approximate surface area is 215 Å². The number of nitrogens with zero attached hydrogens (tertiary/aromatic N) is 2. The van der Waals surface area contributed by atoms with Crippen LogP contribution in [0.2, 0.25) is 0 Å². The molecule has 7 nitrogen and oxygen atoms in total. The minimum absolute atomic E-state index is 0.251. The predicted molar refractivity (Wildman–Crippen MR) is 138 cm³/mol. The second kappa shape index (κ2) is 10.8. The molecule has 2 aromatic carbocycles. The van der Waals surface area contributed by atoms with Gasteiger partial charge >= 0.3 is 0 Å². The number of hydrogen-bond acceptors (Lipinski definition) is 4. The molecule has 2 amide bonds. The highest BCUT2D eigenvalue weighted by Gasteiger charge is 2.30. The molecule has 0 aliphatic rings. The van der Waals surface area contributed by atoms with E-state index >= 15 is 0 Å². The van der Waals surface area contributed by atoms with Crippen LogP contribution in [0.1, 0.15) is 64.5 Å². The van der Waals surface area contributed by atoms with Crippen molar-refractivity contribution in [3.05, 3.63) is 83.1 Å². The zero-order valence-corrected chi connectivity index (χ0v) is 22.0. The van der Waals surface area contributed by atoms with Crippen LogP contribution in [0.15, 0.2) is 54.6 Å². The first kappa shape index (κ1) is 28.0. The lowest BCUT2D eigenvalue weighted by Crippen LogP contribution is -2.44. The van der Waals surface area contributed by atoms with Gasteiger partial charge in [-0.05, 0) is 57.4 Å². The van der Waals surface area contributed by atoms with Crippen LogP contribution in [0.4, 0.5) is 14.6 Å². The van der Waals surface area contributed by atoms with E-state index in [1.807, 2.05) is 45.0 Å². The van der Waals surface area contributed by atoms with E-state index in [2.05, 4.69) is 36.6 Å². The monoisotopic (exact) mass is 512 g/mol. The molecule has 0 bridgehead atoms. The summed E-state index contributed by atoms with van der Waals surface area (Å²) in [6.07, 6.45) is -1.10. The van der Waals surface area contributed by atoms with Crippen molar-refractivity contribution in [1.29, 1.82) is 0 Å². The summed E-state index contributed by atoms with van der Waals surface area (Å²) in [5.74, 6) is -2.88. The van der Waals surface area contributed by atoms with Crippen molar-refractivity contribution < 1.29 is 23.5 Å². The first-order chi connectivity index (χ1) is 17.2. The lowest BCUT2D eigenvalue weighted by atomic mass is 9.83. The molecule has 198 valence electrons. The topological polar surface area (TPSA) is 96.2 Å². The highest BCUT2D eigenvalue weighted by atomic mass is 19.1. The lowest BCUT2D eigenvalue weighted by molar-refractivity contribution is -0.132. The highest BCUT2D eigenvalue weighted by Crippen LogP contribution is 2.31. The summed E-state index contributed by atoms with van der Waals surface area (Å²) >= 11 is 0. The third-order valence-electron chi connectivity index (χ3n) is 5.98. The van der Waals surface area contributed by atoms with Crippen molar-refractivity contribution >= 4 is 17.6 Å². The summed E-state index contributed by atoms with van der Waals surface area (Å²) in [6, 6.07) is 13.2. The molecule has 1 heterocycles. The fourth-order valence-electron chi connectivity index (χ4n) is 3.99. The Morgan fingerprint density at radius 1 is 0.973 bits per heavy atom. The fourth-order valence-corrected chi connectivity index (χ4v) is 3.99. The standard InChI is InChI=1S/C28H34F2N4O3/c1-17(31-26(37)24(35)19-12-20(29)14-21(30)13-19)25(36)32-23-15-22(33-34(23)27(2,3)4)28(5,6)16-18-10-8-7-9-11-18/h7-15,17,24,35H,16H2,1-6H3,(H,31,37)(H,32,36)/t17-,24?/m0/s1. The first-order valence-electron chi connectivity index (χ1n) is 12.1. The van der Waals surface area contributed by atoms with Gasteiger partial charge in [-0.25, -0.2) is 13.5 Å². The number of halogens is 2. The number of anilines is 1. The van der Waals surface area contributed by atoms with Crippen LogP contribution >= 0.6 is 0 Å². The van der Waals surface area contributed by atoms with Gasteiger partial charge in [0.1, 0.15) is 23.5 Å². The molecule has 0 aliphatic heterocycles. The van der Waals surface area contributed by atoms with Gasteiger partial charge in [0.05, 0.1) is 11.2 Å². The Balaban J connectivity index is 1.76. The summed E-state index contributed by atoms with van der Waals surface area (Å²) < 4.78 is 28.7. The number of carbonyl (C=O) groups excluding carboxylic acids is 2. The molecule has 0 radical (unpaired) electrons. The van der Waals surface area contributed by atoms with Crippen molar-refractivity contribution in [1.82, 2.24) is 15.1 Å². The number of rotatable bonds is 8. The van der Waals surface area contributed by atoms with E-state index in [0.29, 0.717) is 11.9 Å². The van der Waals surface area contributed by atoms with Gasteiger partial charge in [-0.1, -0.05) is 44.2 Å². The third kappa shape index (κ3) is 7.01. The highest BCUT2D eigenvalue weighted by molar-refractivity contribution is 5.97. The van der Waals surface area contributed by atoms with Gasteiger partial charge in [0.25, 0.3) is 5.91 Å². The van der Waals surface area contributed by atoms with Crippen LogP contribution in [0, 0.1) is 11.6 Å². The van der Waals surface area contributed by atoms with Crippen LogP contribution in [-0.4, -0.2) is 32.7 Å². The zero-order chi connectivity index (χ0) is 27.5. The minimum atomic E-state index is -1.84. The number of nitrogens with one attached hydrogen (secondary N) is 2. The van der Waals surface area contributed by atoms with Crippen LogP contribution in [-0.2, 0) is 27.0 Å². The van der Waals surface area contributed by atoms with E-state index in [9.17, 15) is 23.5 Å². The van der Waals surface area contributed by atoms with Gasteiger partial charge in [-0.3, -0.25) is 9.59 Å². The summed E-state index contributed by atoms with van der Waals surface area (Å²) in [7, 11) is 0. The summed E-state index contributed by atoms with van der Waals surface area (Å²) in [5, 5.41) is 20.3. The van der Waals surface area contributed by atoms with Crippen LogP contribution in [0.25, 0.3) is 0 Å². The Morgan fingerprint density at radius 2 is 1.57 bits per heavy atom. The maximum Gasteiger partial charge on any atom is 0.254 e. The van der Waals surface area contributed by atoms with Gasteiger partial charge in [0.15, 0.2) is 6.10 Å². The number of aliphatic hydroxyl groups excluding tert-OH is 1. The van der Waals surface area contributed by atoms with Gasteiger partial charge in [0.2, 0.25) is 5.91 Å². The Bertz CT molecular complexity index is 1250. The summed E-state index contributed by atoms with van der Waals surface area (Å²) in [5.41, 5.74) is 0.923. The maximum atomic E-state index is 13.5. The Morgan fingerprint density at radius 3 is 2.14 bits per heavy atom. The molecule has 0 saturated heterocycles. The number of hydrogen-bond donors (Lipinski definition) is 3. The number of amides is 2. The molecule has 3 rings (SSSR count). The molecule has 0 fully saturated rings. The molecule has 1 unspecified atom stereocenters. The van der Waals surface area contributed by atoms with Crippen molar-refractivity contribution in [3.8, 4) is 0 Å². The summed E-state index contributed by atoms with van der Waals surface area (Å²) in [4.78, 5) is 25.4. The quantitative estimate of drug-likeness (QED) is 0.411. The number of aromatic nitrogens is 2. The molecule has 9 heteroatoms. The normalized spacial score (nSPS) is 13.6. The number of benzene rings is 2. The molecule has 3 N–H and O–H groups in total. The van der Waals surface area contributed by atoms with Crippen LogP contribution in [0.5, 0.6) is 0 Å². The molecule has 0 saturated carbocycles. The number of aliphatic hydroxyl groups is 1. The van der Waals surface area contributed by atoms with Crippen LogP contribution in [0.3, 0.4) is 0 Å². The fraction of sp³-hybridized carbons (Fsp3) is 0.393. The molecular formula is C28H34F2N4O3. The van der Waals surface area contributed by atoms with Crippen molar-refractivity contribution in [2.24, 2.45) is 0 Å². The predicted octanol–water partition coefficient (Wildman–Crippen LogP) is 4.61. The van der Waals surface area contributed by atoms with E-state index in [0.717, 1.165) is 29.8 Å². The van der Waals surface area contributed by atoms with Crippen molar-refractivity contribution in [2.75, 3.05) is 5.32 Å². The van der Waals surface area contributed by atoms with E-state index in [4.69, 9.17) is 5.10 Å². The third-order valence-corrected chi connectivity index (χ3v) is 5.98. The van der Waals surface area contributed by atoms with E-state index in [1.165, 1.54) is 6.92 Å². The molecule has 0 spiro atoms. The average Bonchev–Trinajstić information content (AvgIpc) is 3.23. The average molecular weight is 513 g/mol. The van der Waals surface area contributed by atoms with Crippen molar-refractivity contribution in [2.45, 2.75) is 71.1 Å². The summed E-state index contributed by atoms with van der Waals surface area (Å²) in [6.45, 7) is 11.5. The Kier molecular flexibility index (Phi) is 8.17. The van der Waals surface area contributed by atoms with E-state index in [-0.39, 0.29) is 11.0 Å². The SMILES string of the molecule is C[C@H](NC(=O)C(O)c1cc(F)cc(F)c1)C(=O)Nc1cc(C(C)(C)Cc2ccccc2)nn1C(C)(C)C. The lowest BCUT2D eigenvalue weighted by Gasteiger charge is -2.25. The molecular weight excluding hydrogens is 478 g/mol. The molecule has 0 aliphatic carbocycles. The molecule has 37 heavy (non-hydrogen) atoms. The molecule has 1 aromatic heterocycles. The maximum absolute atomic E-state index is 13.5. The van der Waals surface area contributed by atoms with E-state index < -0.39 is 41.1 Å². The molecule has 2 atom stereocenters. The largest absolute Gasteiger partial charge is 0.378 e. The van der Waals surface area contributed by atoms with Gasteiger partial charge < -0.3 is 15.7 Å². The van der Waals surface area contributed by atoms with Gasteiger partial charge in [0, 0.05) is 17.5 Å². The van der Waals surface area contributed by atoms with Crippen molar-refractivity contribution in [3.63, 3.8) is 0 Å². The first-order valence-corrected chi connectivity index (χ1v) is 12.1. The minimum Gasteiger partial charge on any atom is -0.378 e. The number of carbonyl (C=O) groups is 2. The van der Waals surface area contributed by atoms with Gasteiger partial charge in [-0.15, -0.1) is 0 Å². The second-order valence-corrected chi connectivity index (χ2v) is 10.9. The smallest absolute Gasteiger partial charge is 0.254 e.